The van der Waals surface area contributed by atoms with E-state index in [0.29, 0.717) is 12.8 Å². The van der Waals surface area contributed by atoms with Crippen LogP contribution in [0, 0.1) is 0 Å². The zero-order chi connectivity index (χ0) is 20.4. The van der Waals surface area contributed by atoms with Gasteiger partial charge in [-0.1, -0.05) is 34.9 Å². The van der Waals surface area contributed by atoms with Crippen molar-refractivity contribution in [1.29, 1.82) is 0 Å². The summed E-state index contributed by atoms with van der Waals surface area (Å²) in [5, 5.41) is 0. The number of rotatable bonds is 12. The molecule has 0 aliphatic heterocycles. The third-order valence-corrected chi connectivity index (χ3v) is 8.37. The zero-order valence-electron chi connectivity index (χ0n) is 16.7. The number of allylic oxidation sites excluding steroid dienone is 6. The molecule has 0 radical (unpaired) electrons. The third kappa shape index (κ3) is 12.6. The first-order chi connectivity index (χ1) is 11.8. The Hall–Kier alpha value is -0.680. The van der Waals surface area contributed by atoms with Crippen molar-refractivity contribution >= 4 is 17.5 Å². The van der Waals surface area contributed by atoms with Crippen LogP contribution in [0.15, 0.2) is 34.9 Å². The van der Waals surface area contributed by atoms with Crippen LogP contribution in [-0.4, -0.2) is 29.5 Å². The van der Waals surface area contributed by atoms with Crippen molar-refractivity contribution in [1.82, 2.24) is 0 Å². The average molecular weight is 407 g/mol. The first-order valence-electron chi connectivity index (χ1n) is 9.05. The van der Waals surface area contributed by atoms with Gasteiger partial charge in [0.2, 0.25) is 7.37 Å². The van der Waals surface area contributed by atoms with Gasteiger partial charge >= 0.3 is 0 Å². The SMILES string of the molecule is CC(C)=CCC/C(C)=C/CC/C(C)=C/CCCC(P(C)(=O)O)S(=O)(=O)O. The summed E-state index contributed by atoms with van der Waals surface area (Å²) >= 11 is 0. The molecule has 0 amide bonds. The molecule has 0 aliphatic carbocycles. The fourth-order valence-corrected chi connectivity index (χ4v) is 5.72. The lowest BCUT2D eigenvalue weighted by Gasteiger charge is -2.16. The van der Waals surface area contributed by atoms with E-state index in [0.717, 1.165) is 32.3 Å². The van der Waals surface area contributed by atoms with Gasteiger partial charge < -0.3 is 4.89 Å². The van der Waals surface area contributed by atoms with E-state index < -0.39 is 22.5 Å². The van der Waals surface area contributed by atoms with Crippen molar-refractivity contribution in [2.75, 3.05) is 6.66 Å². The summed E-state index contributed by atoms with van der Waals surface area (Å²) in [6, 6.07) is 0. The molecule has 2 atom stereocenters. The second kappa shape index (κ2) is 11.9. The summed E-state index contributed by atoms with van der Waals surface area (Å²) in [5.41, 5.74) is 3.94. The molecule has 0 aromatic heterocycles. The Morgan fingerprint density at radius 3 is 1.85 bits per heavy atom. The lowest BCUT2D eigenvalue weighted by atomic mass is 10.1. The van der Waals surface area contributed by atoms with E-state index in [9.17, 15) is 17.9 Å². The van der Waals surface area contributed by atoms with Gasteiger partial charge in [0.1, 0.15) is 0 Å². The fraction of sp³-hybridized carbons (Fsp3) is 0.684. The molecule has 152 valence electrons. The van der Waals surface area contributed by atoms with Gasteiger partial charge in [-0.3, -0.25) is 9.12 Å². The third-order valence-electron chi connectivity index (χ3n) is 4.15. The van der Waals surface area contributed by atoms with Crippen LogP contribution in [0.4, 0.5) is 0 Å². The minimum absolute atomic E-state index is 0.0176. The molecule has 0 spiro atoms. The maximum absolute atomic E-state index is 11.6. The molecular weight excluding hydrogens is 371 g/mol. The van der Waals surface area contributed by atoms with Crippen molar-refractivity contribution in [2.24, 2.45) is 0 Å². The van der Waals surface area contributed by atoms with E-state index in [1.54, 1.807) is 0 Å². The van der Waals surface area contributed by atoms with E-state index in [4.69, 9.17) is 4.55 Å². The van der Waals surface area contributed by atoms with Gasteiger partial charge in [0.25, 0.3) is 10.1 Å². The highest BCUT2D eigenvalue weighted by atomic mass is 32.2. The molecule has 0 heterocycles. The lowest BCUT2D eigenvalue weighted by Crippen LogP contribution is -2.20. The second-order valence-corrected chi connectivity index (χ2v) is 11.8. The van der Waals surface area contributed by atoms with Gasteiger partial charge in [0.05, 0.1) is 0 Å². The van der Waals surface area contributed by atoms with Crippen molar-refractivity contribution in [3.63, 3.8) is 0 Å². The summed E-state index contributed by atoms with van der Waals surface area (Å²) in [6.45, 7) is 9.35. The van der Waals surface area contributed by atoms with Gasteiger partial charge in [-0.25, -0.2) is 0 Å². The predicted molar refractivity (Wildman–Crippen MR) is 110 cm³/mol. The van der Waals surface area contributed by atoms with E-state index in [1.807, 2.05) is 13.0 Å². The van der Waals surface area contributed by atoms with Crippen molar-refractivity contribution < 1.29 is 22.4 Å². The molecule has 0 aliphatic rings. The van der Waals surface area contributed by atoms with Crippen molar-refractivity contribution in [3.8, 4) is 0 Å². The molecule has 0 bridgehead atoms. The molecule has 0 rings (SSSR count). The van der Waals surface area contributed by atoms with Crippen LogP contribution in [0.25, 0.3) is 0 Å². The van der Waals surface area contributed by atoms with Crippen LogP contribution in [0.1, 0.15) is 72.6 Å². The summed E-state index contributed by atoms with van der Waals surface area (Å²) < 4.78 is 43.1. The Morgan fingerprint density at radius 2 is 1.42 bits per heavy atom. The molecule has 7 heteroatoms. The maximum Gasteiger partial charge on any atom is 0.277 e. The van der Waals surface area contributed by atoms with Gasteiger partial charge in [0, 0.05) is 6.66 Å². The number of hydrogen-bond acceptors (Lipinski definition) is 3. The van der Waals surface area contributed by atoms with Gasteiger partial charge in [-0.2, -0.15) is 8.42 Å². The highest BCUT2D eigenvalue weighted by Crippen LogP contribution is 2.46. The molecule has 26 heavy (non-hydrogen) atoms. The molecule has 5 nitrogen and oxygen atoms in total. The van der Waals surface area contributed by atoms with Crippen LogP contribution in [0.3, 0.4) is 0 Å². The molecule has 0 fully saturated rings. The number of hydrogen-bond donors (Lipinski definition) is 2. The van der Waals surface area contributed by atoms with Crippen LogP contribution in [0.5, 0.6) is 0 Å². The monoisotopic (exact) mass is 406 g/mol. The van der Waals surface area contributed by atoms with Gasteiger partial charge in [0.15, 0.2) is 4.99 Å². The van der Waals surface area contributed by atoms with Gasteiger partial charge in [-0.15, -0.1) is 0 Å². The zero-order valence-corrected chi connectivity index (χ0v) is 18.4. The summed E-state index contributed by atoms with van der Waals surface area (Å²) in [5.74, 6) is 0. The Labute approximate surface area is 159 Å². The van der Waals surface area contributed by atoms with E-state index in [2.05, 4.69) is 32.9 Å². The first kappa shape index (κ1) is 25.3. The van der Waals surface area contributed by atoms with E-state index in [1.165, 1.54) is 16.7 Å². The fourth-order valence-electron chi connectivity index (χ4n) is 2.62. The Kier molecular flexibility index (Phi) is 11.6. The van der Waals surface area contributed by atoms with Crippen LogP contribution in [0.2, 0.25) is 0 Å². The largest absolute Gasteiger partial charge is 0.344 e. The molecule has 0 aromatic rings. The second-order valence-electron chi connectivity index (χ2n) is 7.30. The Bertz CT molecular complexity index is 664. The predicted octanol–water partition coefficient (Wildman–Crippen LogP) is 5.69. The standard InChI is InChI=1S/C19H35O5PS/c1-16(2)10-8-12-18(4)14-9-13-17(3)11-6-7-15-19(25(5,20)21)26(22,23)24/h10-11,14,19H,6-9,12-13,15H2,1-5H3,(H,20,21)(H,22,23,24)/b17-11+,18-14+. The van der Waals surface area contributed by atoms with E-state index >= 15 is 0 Å². The molecule has 0 saturated carbocycles. The first-order valence-corrected chi connectivity index (χ1v) is 12.7. The van der Waals surface area contributed by atoms with Gasteiger partial charge in [-0.05, 0) is 72.6 Å². The molecule has 2 unspecified atom stereocenters. The average Bonchev–Trinajstić information content (AvgIpc) is 2.43. The summed E-state index contributed by atoms with van der Waals surface area (Å²) in [4.78, 5) is 7.88. The quantitative estimate of drug-likeness (QED) is 0.188. The normalized spacial score (nSPS) is 16.9. The van der Waals surface area contributed by atoms with Crippen LogP contribution >= 0.6 is 7.37 Å². The maximum atomic E-state index is 11.6. The Morgan fingerprint density at radius 1 is 0.962 bits per heavy atom. The summed E-state index contributed by atoms with van der Waals surface area (Å²) in [6.07, 6.45) is 11.6. The minimum Gasteiger partial charge on any atom is -0.344 e. The minimum atomic E-state index is -4.51. The van der Waals surface area contributed by atoms with Crippen molar-refractivity contribution in [3.05, 3.63) is 34.9 Å². The number of unbranched alkanes of at least 4 members (excludes halogenated alkanes) is 1. The summed E-state index contributed by atoms with van der Waals surface area (Å²) in [7, 11) is -8.38. The van der Waals surface area contributed by atoms with Crippen molar-refractivity contribution in [2.45, 2.75) is 77.6 Å². The van der Waals surface area contributed by atoms with Crippen LogP contribution < -0.4 is 0 Å². The van der Waals surface area contributed by atoms with E-state index in [-0.39, 0.29) is 6.42 Å². The molecule has 0 saturated heterocycles. The highest BCUT2D eigenvalue weighted by molar-refractivity contribution is 7.94. The molecule has 2 N–H and O–H groups in total. The highest BCUT2D eigenvalue weighted by Gasteiger charge is 2.36. The Balaban J connectivity index is 4.30. The van der Waals surface area contributed by atoms with Crippen LogP contribution in [-0.2, 0) is 14.7 Å². The smallest absolute Gasteiger partial charge is 0.277 e. The molecular formula is C19H35O5PS. The lowest BCUT2D eigenvalue weighted by molar-refractivity contribution is 0.450. The molecule has 0 aromatic carbocycles. The topological polar surface area (TPSA) is 91.7 Å².